The molecular weight excluding hydrogens is 220 g/mol. The minimum Gasteiger partial charge on any atom is -0.510 e. The Bertz CT molecular complexity index is 388. The van der Waals surface area contributed by atoms with Crippen molar-refractivity contribution in [3.63, 3.8) is 0 Å². The van der Waals surface area contributed by atoms with Gasteiger partial charge in [-0.25, -0.2) is 0 Å². The van der Waals surface area contributed by atoms with E-state index in [4.69, 9.17) is 4.74 Å². The van der Waals surface area contributed by atoms with Crippen LogP contribution in [0.25, 0.3) is 0 Å². The molecule has 0 bridgehead atoms. The van der Waals surface area contributed by atoms with Crippen LogP contribution in [0.4, 0.5) is 0 Å². The normalized spacial score (nSPS) is 28.8. The number of benzene rings is 1. The lowest BCUT2D eigenvalue weighted by Gasteiger charge is -2.28. The van der Waals surface area contributed by atoms with Gasteiger partial charge in [-0.2, -0.15) is 0 Å². The Morgan fingerprint density at radius 3 is 2.53 bits per heavy atom. The van der Waals surface area contributed by atoms with Gasteiger partial charge in [-0.15, -0.1) is 0 Å². The van der Waals surface area contributed by atoms with E-state index in [2.05, 4.69) is 0 Å². The van der Waals surface area contributed by atoms with E-state index in [1.54, 1.807) is 0 Å². The maximum atomic E-state index is 9.70. The molecule has 3 N–H and O–H groups in total. The van der Waals surface area contributed by atoms with Crippen molar-refractivity contribution in [2.75, 3.05) is 0 Å². The van der Waals surface area contributed by atoms with E-state index in [1.165, 1.54) is 6.08 Å². The Kier molecular flexibility index (Phi) is 3.78. The van der Waals surface area contributed by atoms with Crippen molar-refractivity contribution < 1.29 is 20.1 Å². The maximum absolute atomic E-state index is 9.70. The van der Waals surface area contributed by atoms with Crippen LogP contribution in [-0.2, 0) is 11.3 Å². The molecule has 4 nitrogen and oxygen atoms in total. The second kappa shape index (κ2) is 5.31. The highest BCUT2D eigenvalue weighted by Crippen LogP contribution is 2.21. The second-order valence-electron chi connectivity index (χ2n) is 4.18. The molecule has 0 radical (unpaired) electrons. The molecule has 0 aliphatic heterocycles. The summed E-state index contributed by atoms with van der Waals surface area (Å²) in [6, 6.07) is 9.52. The lowest BCUT2D eigenvalue weighted by Crippen LogP contribution is -2.37. The molecule has 4 heteroatoms. The SMILES string of the molecule is OC1=C[C@@H](O)C[C@@H](O)[C@H]1OCc1ccccc1. The third-order valence-electron chi connectivity index (χ3n) is 2.76. The maximum Gasteiger partial charge on any atom is 0.140 e. The topological polar surface area (TPSA) is 69.9 Å². The van der Waals surface area contributed by atoms with Gasteiger partial charge in [0.15, 0.2) is 0 Å². The van der Waals surface area contributed by atoms with Crippen LogP contribution >= 0.6 is 0 Å². The summed E-state index contributed by atoms with van der Waals surface area (Å²) in [4.78, 5) is 0. The molecule has 0 amide bonds. The summed E-state index contributed by atoms with van der Waals surface area (Å²) < 4.78 is 5.46. The van der Waals surface area contributed by atoms with Crippen molar-refractivity contribution in [1.29, 1.82) is 0 Å². The molecule has 2 rings (SSSR count). The van der Waals surface area contributed by atoms with Gasteiger partial charge < -0.3 is 20.1 Å². The van der Waals surface area contributed by atoms with Gasteiger partial charge >= 0.3 is 0 Å². The van der Waals surface area contributed by atoms with E-state index in [0.717, 1.165) is 5.56 Å². The van der Waals surface area contributed by atoms with Crippen LogP contribution in [-0.4, -0.2) is 33.6 Å². The minimum absolute atomic E-state index is 0.104. The van der Waals surface area contributed by atoms with E-state index in [1.807, 2.05) is 30.3 Å². The van der Waals surface area contributed by atoms with Gasteiger partial charge in [0.1, 0.15) is 11.9 Å². The molecule has 1 aliphatic rings. The fourth-order valence-electron chi connectivity index (χ4n) is 1.88. The van der Waals surface area contributed by atoms with Gasteiger partial charge in [-0.3, -0.25) is 0 Å². The molecule has 0 fully saturated rings. The van der Waals surface area contributed by atoms with E-state index in [-0.39, 0.29) is 12.2 Å². The summed E-state index contributed by atoms with van der Waals surface area (Å²) in [6.45, 7) is 0.316. The average molecular weight is 236 g/mol. The van der Waals surface area contributed by atoms with Gasteiger partial charge in [0.2, 0.25) is 0 Å². The Morgan fingerprint density at radius 1 is 1.18 bits per heavy atom. The molecular formula is C13H16O4. The second-order valence-corrected chi connectivity index (χ2v) is 4.18. The van der Waals surface area contributed by atoms with Crippen LogP contribution in [0, 0.1) is 0 Å². The van der Waals surface area contributed by atoms with Crippen molar-refractivity contribution in [2.45, 2.75) is 31.3 Å². The molecule has 0 unspecified atom stereocenters. The Morgan fingerprint density at radius 2 is 1.88 bits per heavy atom. The van der Waals surface area contributed by atoms with Crippen molar-refractivity contribution >= 4 is 0 Å². The highest BCUT2D eigenvalue weighted by Gasteiger charge is 2.30. The van der Waals surface area contributed by atoms with E-state index in [9.17, 15) is 15.3 Å². The number of ether oxygens (including phenoxy) is 1. The molecule has 3 atom stereocenters. The standard InChI is InChI=1S/C13H16O4/c14-10-6-11(15)13(12(16)7-10)17-8-9-4-2-1-3-5-9/h1-6,10,12-16H,7-8H2/t10-,12-,13+/m1/s1. The predicted octanol–water partition coefficient (Wildman–Crippen LogP) is 1.14. The van der Waals surface area contributed by atoms with Gasteiger partial charge in [0.05, 0.1) is 18.8 Å². The number of aliphatic hydroxyl groups is 3. The summed E-state index contributed by atoms with van der Waals surface area (Å²) in [6.07, 6.45) is -0.940. The molecule has 0 saturated heterocycles. The quantitative estimate of drug-likeness (QED) is 0.736. The molecule has 17 heavy (non-hydrogen) atoms. The van der Waals surface area contributed by atoms with Crippen LogP contribution in [0.15, 0.2) is 42.2 Å². The third-order valence-corrected chi connectivity index (χ3v) is 2.76. The van der Waals surface area contributed by atoms with Crippen LogP contribution in [0.1, 0.15) is 12.0 Å². The molecule has 0 spiro atoms. The van der Waals surface area contributed by atoms with Gasteiger partial charge in [0, 0.05) is 6.42 Å². The Hall–Kier alpha value is -1.36. The summed E-state index contributed by atoms with van der Waals surface area (Å²) in [7, 11) is 0. The van der Waals surface area contributed by atoms with Gasteiger partial charge in [-0.1, -0.05) is 30.3 Å². The molecule has 1 aliphatic carbocycles. The van der Waals surface area contributed by atoms with Crippen molar-refractivity contribution in [3.05, 3.63) is 47.7 Å². The lowest BCUT2D eigenvalue weighted by molar-refractivity contribution is -0.0661. The molecule has 92 valence electrons. The van der Waals surface area contributed by atoms with E-state index < -0.39 is 18.3 Å². The first-order valence-corrected chi connectivity index (χ1v) is 5.59. The number of hydrogen-bond donors (Lipinski definition) is 3. The first-order valence-electron chi connectivity index (χ1n) is 5.59. The van der Waals surface area contributed by atoms with Gasteiger partial charge in [0.25, 0.3) is 0 Å². The predicted molar refractivity (Wildman–Crippen MR) is 62.4 cm³/mol. The fourth-order valence-corrected chi connectivity index (χ4v) is 1.88. The molecule has 1 aromatic carbocycles. The molecule has 0 heterocycles. The molecule has 1 aromatic rings. The average Bonchev–Trinajstić information content (AvgIpc) is 2.29. The summed E-state index contributed by atoms with van der Waals surface area (Å²) in [5.74, 6) is -0.104. The van der Waals surface area contributed by atoms with Crippen LogP contribution in [0.2, 0.25) is 0 Å². The zero-order chi connectivity index (χ0) is 12.3. The summed E-state index contributed by atoms with van der Waals surface area (Å²) in [5.41, 5.74) is 0.971. The summed E-state index contributed by atoms with van der Waals surface area (Å²) in [5, 5.41) is 28.6. The van der Waals surface area contributed by atoms with Crippen molar-refractivity contribution in [3.8, 4) is 0 Å². The van der Waals surface area contributed by atoms with Crippen LogP contribution in [0.3, 0.4) is 0 Å². The van der Waals surface area contributed by atoms with Gasteiger partial charge in [-0.05, 0) is 11.6 Å². The van der Waals surface area contributed by atoms with Crippen molar-refractivity contribution in [1.82, 2.24) is 0 Å². The molecule has 0 aromatic heterocycles. The van der Waals surface area contributed by atoms with Crippen LogP contribution in [0.5, 0.6) is 0 Å². The minimum atomic E-state index is -0.876. The van der Waals surface area contributed by atoms with Crippen molar-refractivity contribution in [2.24, 2.45) is 0 Å². The zero-order valence-corrected chi connectivity index (χ0v) is 9.36. The Balaban J connectivity index is 1.97. The third kappa shape index (κ3) is 3.06. The first-order chi connectivity index (χ1) is 8.16. The smallest absolute Gasteiger partial charge is 0.140 e. The lowest BCUT2D eigenvalue weighted by atomic mass is 9.97. The monoisotopic (exact) mass is 236 g/mol. The van der Waals surface area contributed by atoms with E-state index >= 15 is 0 Å². The van der Waals surface area contributed by atoms with Crippen LogP contribution < -0.4 is 0 Å². The number of hydrogen-bond acceptors (Lipinski definition) is 4. The highest BCUT2D eigenvalue weighted by molar-refractivity contribution is 5.15. The van der Waals surface area contributed by atoms with E-state index in [0.29, 0.717) is 6.61 Å². The number of rotatable bonds is 3. The Labute approximate surface area is 99.8 Å². The highest BCUT2D eigenvalue weighted by atomic mass is 16.5. The zero-order valence-electron chi connectivity index (χ0n) is 9.36. The molecule has 0 saturated carbocycles. The number of aliphatic hydroxyl groups excluding tert-OH is 3. The first kappa shape index (κ1) is 12.1. The fraction of sp³-hybridized carbons (Fsp3) is 0.385. The summed E-state index contributed by atoms with van der Waals surface area (Å²) >= 11 is 0. The largest absolute Gasteiger partial charge is 0.510 e.